The summed E-state index contributed by atoms with van der Waals surface area (Å²) in [5.41, 5.74) is 2.97. The highest BCUT2D eigenvalue weighted by Gasteiger charge is 2.14. The van der Waals surface area contributed by atoms with E-state index in [9.17, 15) is 9.18 Å². The Morgan fingerprint density at radius 2 is 1.97 bits per heavy atom. The van der Waals surface area contributed by atoms with Crippen LogP contribution in [0.25, 0.3) is 20.8 Å². The molecule has 2 amide bonds. The van der Waals surface area contributed by atoms with E-state index in [4.69, 9.17) is 9.47 Å². The lowest BCUT2D eigenvalue weighted by Crippen LogP contribution is -2.34. The van der Waals surface area contributed by atoms with Crippen molar-refractivity contribution in [2.45, 2.75) is 26.4 Å². The molecule has 0 aliphatic rings. The summed E-state index contributed by atoms with van der Waals surface area (Å²) in [6.45, 7) is 5.83. The SMILES string of the molecule is COCCNCc1ccc(-c2cc3nccc(Oc4ccc(NC(=O)NC(C)C)cc4F)c3s2)nc1. The largest absolute Gasteiger partial charge is 0.453 e. The van der Waals surface area contributed by atoms with E-state index in [0.29, 0.717) is 24.6 Å². The smallest absolute Gasteiger partial charge is 0.319 e. The lowest BCUT2D eigenvalue weighted by molar-refractivity contribution is 0.199. The van der Waals surface area contributed by atoms with Gasteiger partial charge in [0.05, 0.1) is 27.4 Å². The van der Waals surface area contributed by atoms with Crippen LogP contribution in [0.15, 0.2) is 54.9 Å². The molecule has 0 radical (unpaired) electrons. The minimum Gasteiger partial charge on any atom is -0.453 e. The van der Waals surface area contributed by atoms with Gasteiger partial charge < -0.3 is 25.4 Å². The number of hydrogen-bond donors (Lipinski definition) is 3. The van der Waals surface area contributed by atoms with Gasteiger partial charge in [0.25, 0.3) is 0 Å². The van der Waals surface area contributed by atoms with Crippen molar-refractivity contribution >= 4 is 33.3 Å². The van der Waals surface area contributed by atoms with Crippen molar-refractivity contribution < 1.29 is 18.7 Å². The van der Waals surface area contributed by atoms with Crippen LogP contribution in [0.5, 0.6) is 11.5 Å². The number of amides is 2. The van der Waals surface area contributed by atoms with E-state index in [1.165, 1.54) is 23.5 Å². The van der Waals surface area contributed by atoms with Crippen molar-refractivity contribution in [3.8, 4) is 22.1 Å². The third-order valence-corrected chi connectivity index (χ3v) is 6.26. The summed E-state index contributed by atoms with van der Waals surface area (Å²) in [5, 5.41) is 8.60. The molecule has 0 bridgehead atoms. The number of methoxy groups -OCH3 is 1. The molecule has 3 N–H and O–H groups in total. The number of pyridine rings is 2. The Bertz CT molecular complexity index is 1330. The zero-order valence-corrected chi connectivity index (χ0v) is 21.1. The molecule has 0 saturated carbocycles. The Morgan fingerprint density at radius 1 is 1.11 bits per heavy atom. The monoisotopic (exact) mass is 509 g/mol. The van der Waals surface area contributed by atoms with Gasteiger partial charge in [0.1, 0.15) is 5.75 Å². The van der Waals surface area contributed by atoms with Crippen molar-refractivity contribution in [2.24, 2.45) is 0 Å². The van der Waals surface area contributed by atoms with E-state index in [0.717, 1.165) is 32.9 Å². The molecule has 1 aromatic carbocycles. The van der Waals surface area contributed by atoms with E-state index in [2.05, 4.69) is 25.9 Å². The number of rotatable bonds is 10. The standard InChI is InChI=1S/C26H28FN5O3S/c1-16(2)31-26(33)32-18-5-7-22(19(27)12-18)35-23-8-9-29-21-13-24(36-25(21)23)20-6-4-17(15-30-20)14-28-10-11-34-3/h4-9,12-13,15-16,28H,10-11,14H2,1-3H3,(H2,31,32,33). The molecule has 0 saturated heterocycles. The van der Waals surface area contributed by atoms with Crippen LogP contribution < -0.4 is 20.7 Å². The number of benzene rings is 1. The van der Waals surface area contributed by atoms with Crippen LogP contribution >= 0.6 is 11.3 Å². The van der Waals surface area contributed by atoms with Crippen molar-refractivity contribution in [1.29, 1.82) is 0 Å². The van der Waals surface area contributed by atoms with Gasteiger partial charge in [-0.3, -0.25) is 9.97 Å². The summed E-state index contributed by atoms with van der Waals surface area (Å²) in [6, 6.07) is 11.5. The molecule has 8 nitrogen and oxygen atoms in total. The van der Waals surface area contributed by atoms with Crippen molar-refractivity contribution in [1.82, 2.24) is 20.6 Å². The molecule has 0 fully saturated rings. The molecule has 0 spiro atoms. The lowest BCUT2D eigenvalue weighted by atomic mass is 10.2. The molecular formula is C26H28FN5O3S. The van der Waals surface area contributed by atoms with Crippen molar-refractivity contribution in [3.63, 3.8) is 0 Å². The highest BCUT2D eigenvalue weighted by Crippen LogP contribution is 2.39. The predicted octanol–water partition coefficient (Wildman–Crippen LogP) is 5.56. The number of fused-ring (bicyclic) bond motifs is 1. The van der Waals surface area contributed by atoms with Crippen LogP contribution in [0.2, 0.25) is 0 Å². The van der Waals surface area contributed by atoms with Crippen LogP contribution in [0, 0.1) is 5.82 Å². The number of anilines is 1. The first-order valence-electron chi connectivity index (χ1n) is 11.5. The van der Waals surface area contributed by atoms with Gasteiger partial charge >= 0.3 is 6.03 Å². The fourth-order valence-corrected chi connectivity index (χ4v) is 4.45. The molecule has 3 heterocycles. The molecule has 0 aliphatic carbocycles. The first kappa shape index (κ1) is 25.5. The summed E-state index contributed by atoms with van der Waals surface area (Å²) in [4.78, 5) is 21.8. The minimum absolute atomic E-state index is 0.0292. The average molecular weight is 510 g/mol. The molecule has 188 valence electrons. The number of carbonyl (C=O) groups excluding carboxylic acids is 1. The Balaban J connectivity index is 1.49. The molecule has 3 aromatic heterocycles. The molecule has 10 heteroatoms. The summed E-state index contributed by atoms with van der Waals surface area (Å²) >= 11 is 1.48. The molecular weight excluding hydrogens is 481 g/mol. The minimum atomic E-state index is -0.588. The zero-order chi connectivity index (χ0) is 25.5. The molecule has 0 atom stereocenters. The third kappa shape index (κ3) is 6.54. The highest BCUT2D eigenvalue weighted by molar-refractivity contribution is 7.22. The Morgan fingerprint density at radius 3 is 2.69 bits per heavy atom. The van der Waals surface area contributed by atoms with Gasteiger partial charge in [-0.25, -0.2) is 9.18 Å². The molecule has 0 unspecified atom stereocenters. The van der Waals surface area contributed by atoms with Crippen LogP contribution in [0.3, 0.4) is 0 Å². The van der Waals surface area contributed by atoms with Gasteiger partial charge in [0.15, 0.2) is 11.6 Å². The highest BCUT2D eigenvalue weighted by atomic mass is 32.1. The van der Waals surface area contributed by atoms with Crippen LogP contribution in [0.4, 0.5) is 14.9 Å². The summed E-state index contributed by atoms with van der Waals surface area (Å²) in [6.07, 6.45) is 3.47. The van der Waals surface area contributed by atoms with E-state index < -0.39 is 11.8 Å². The summed E-state index contributed by atoms with van der Waals surface area (Å²) < 4.78 is 26.5. The summed E-state index contributed by atoms with van der Waals surface area (Å²) in [7, 11) is 1.68. The van der Waals surface area contributed by atoms with Gasteiger partial charge in [-0.15, -0.1) is 11.3 Å². The second kappa shape index (κ2) is 11.9. The fraction of sp³-hybridized carbons (Fsp3) is 0.269. The molecule has 36 heavy (non-hydrogen) atoms. The number of halogens is 1. The lowest BCUT2D eigenvalue weighted by Gasteiger charge is -2.12. The van der Waals surface area contributed by atoms with Crippen molar-refractivity contribution in [3.05, 3.63) is 66.2 Å². The number of nitrogens with one attached hydrogen (secondary N) is 3. The Hall–Kier alpha value is -3.60. The fourth-order valence-electron chi connectivity index (χ4n) is 3.41. The molecule has 4 aromatic rings. The van der Waals surface area contributed by atoms with Crippen LogP contribution in [-0.2, 0) is 11.3 Å². The van der Waals surface area contributed by atoms with Gasteiger partial charge in [0, 0.05) is 56.5 Å². The maximum absolute atomic E-state index is 14.8. The van der Waals surface area contributed by atoms with Crippen LogP contribution in [0.1, 0.15) is 19.4 Å². The van der Waals surface area contributed by atoms with Gasteiger partial charge in [0.2, 0.25) is 0 Å². The Labute approximate surface area is 212 Å². The number of nitrogens with zero attached hydrogens (tertiary/aromatic N) is 2. The Kier molecular flexibility index (Phi) is 8.42. The number of ether oxygens (including phenoxy) is 2. The maximum atomic E-state index is 14.8. The normalized spacial score (nSPS) is 11.1. The van der Waals surface area contributed by atoms with Crippen molar-refractivity contribution in [2.75, 3.05) is 25.6 Å². The number of aromatic nitrogens is 2. The number of urea groups is 1. The second-order valence-electron chi connectivity index (χ2n) is 8.36. The molecule has 0 aliphatic heterocycles. The third-order valence-electron chi connectivity index (χ3n) is 5.09. The number of hydrogen-bond acceptors (Lipinski definition) is 7. The first-order chi connectivity index (χ1) is 17.4. The van der Waals surface area contributed by atoms with Gasteiger partial charge in [-0.1, -0.05) is 6.07 Å². The zero-order valence-electron chi connectivity index (χ0n) is 20.3. The summed E-state index contributed by atoms with van der Waals surface area (Å²) in [5.74, 6) is -0.0430. The van der Waals surface area contributed by atoms with Gasteiger partial charge in [-0.05, 0) is 43.7 Å². The van der Waals surface area contributed by atoms with E-state index in [1.54, 1.807) is 25.4 Å². The maximum Gasteiger partial charge on any atom is 0.319 e. The van der Waals surface area contributed by atoms with E-state index in [1.807, 2.05) is 38.2 Å². The molecule has 4 rings (SSSR count). The second-order valence-corrected chi connectivity index (χ2v) is 9.41. The predicted molar refractivity (Wildman–Crippen MR) is 140 cm³/mol. The quantitative estimate of drug-likeness (QED) is 0.242. The average Bonchev–Trinajstić information content (AvgIpc) is 3.29. The topological polar surface area (TPSA) is 97.4 Å². The van der Waals surface area contributed by atoms with E-state index >= 15 is 0 Å². The number of thiophene rings is 1. The first-order valence-corrected chi connectivity index (χ1v) is 12.3. The number of carbonyl (C=O) groups is 1. The van der Waals surface area contributed by atoms with E-state index in [-0.39, 0.29) is 11.8 Å². The van der Waals surface area contributed by atoms with Crippen LogP contribution in [-0.4, -0.2) is 42.3 Å². The van der Waals surface area contributed by atoms with Gasteiger partial charge in [-0.2, -0.15) is 0 Å².